The van der Waals surface area contributed by atoms with E-state index in [-0.39, 0.29) is 0 Å². The van der Waals surface area contributed by atoms with Crippen LogP contribution in [0, 0.1) is 0 Å². The summed E-state index contributed by atoms with van der Waals surface area (Å²) in [6.45, 7) is 2.12. The SMILES string of the molecule is CNCCN(C)C1=CCCC=C1. The van der Waals surface area contributed by atoms with Gasteiger partial charge in [-0.3, -0.25) is 0 Å². The molecular weight excluding hydrogens is 148 g/mol. The highest BCUT2D eigenvalue weighted by Crippen LogP contribution is 2.11. The summed E-state index contributed by atoms with van der Waals surface area (Å²) in [5.41, 5.74) is 1.36. The number of nitrogens with one attached hydrogen (secondary N) is 1. The molecule has 0 atom stereocenters. The summed E-state index contributed by atoms with van der Waals surface area (Å²) < 4.78 is 0. The first-order valence-corrected chi connectivity index (χ1v) is 4.57. The van der Waals surface area contributed by atoms with Crippen LogP contribution in [0.5, 0.6) is 0 Å². The molecule has 1 rings (SSSR count). The Balaban J connectivity index is 2.35. The molecule has 0 aromatic rings. The van der Waals surface area contributed by atoms with Gasteiger partial charge in [-0.25, -0.2) is 0 Å². The van der Waals surface area contributed by atoms with Gasteiger partial charge in [-0.05, 0) is 26.0 Å². The van der Waals surface area contributed by atoms with Crippen molar-refractivity contribution in [3.05, 3.63) is 23.9 Å². The Bertz CT molecular complexity index is 182. The molecule has 68 valence electrons. The van der Waals surface area contributed by atoms with E-state index in [0.29, 0.717) is 0 Å². The molecule has 0 radical (unpaired) electrons. The molecule has 0 amide bonds. The Morgan fingerprint density at radius 1 is 1.50 bits per heavy atom. The predicted molar refractivity (Wildman–Crippen MR) is 53.0 cm³/mol. The summed E-state index contributed by atoms with van der Waals surface area (Å²) in [5, 5.41) is 3.14. The van der Waals surface area contributed by atoms with Crippen LogP contribution in [0.3, 0.4) is 0 Å². The molecule has 0 bridgehead atoms. The van der Waals surface area contributed by atoms with Crippen LogP contribution < -0.4 is 5.32 Å². The zero-order chi connectivity index (χ0) is 8.81. The minimum Gasteiger partial charge on any atom is -0.374 e. The number of hydrogen-bond donors (Lipinski definition) is 1. The number of rotatable bonds is 4. The summed E-state index contributed by atoms with van der Waals surface area (Å²) in [7, 11) is 4.12. The van der Waals surface area contributed by atoms with Crippen molar-refractivity contribution in [1.29, 1.82) is 0 Å². The second-order valence-corrected chi connectivity index (χ2v) is 3.13. The monoisotopic (exact) mass is 166 g/mol. The maximum Gasteiger partial charge on any atom is 0.0320 e. The van der Waals surface area contributed by atoms with Crippen molar-refractivity contribution in [1.82, 2.24) is 10.2 Å². The molecular formula is C10H18N2. The quantitative estimate of drug-likeness (QED) is 0.678. The second kappa shape index (κ2) is 4.99. The van der Waals surface area contributed by atoms with Gasteiger partial charge in [0.2, 0.25) is 0 Å². The van der Waals surface area contributed by atoms with Crippen LogP contribution in [-0.4, -0.2) is 32.1 Å². The van der Waals surface area contributed by atoms with Gasteiger partial charge in [0.15, 0.2) is 0 Å². The molecule has 12 heavy (non-hydrogen) atoms. The first kappa shape index (κ1) is 9.33. The van der Waals surface area contributed by atoms with Crippen LogP contribution in [-0.2, 0) is 0 Å². The molecule has 1 aliphatic rings. The van der Waals surface area contributed by atoms with Crippen LogP contribution in [0.15, 0.2) is 23.9 Å². The molecule has 1 N–H and O–H groups in total. The zero-order valence-electron chi connectivity index (χ0n) is 8.01. The molecule has 0 unspecified atom stereocenters. The summed E-state index contributed by atoms with van der Waals surface area (Å²) in [6, 6.07) is 0. The number of likely N-dealkylation sites (N-methyl/N-ethyl adjacent to an activating group) is 2. The summed E-state index contributed by atoms with van der Waals surface area (Å²) in [5.74, 6) is 0. The zero-order valence-corrected chi connectivity index (χ0v) is 8.01. The van der Waals surface area contributed by atoms with Crippen LogP contribution in [0.4, 0.5) is 0 Å². The maximum atomic E-state index is 3.14. The highest BCUT2D eigenvalue weighted by molar-refractivity contribution is 5.20. The lowest BCUT2D eigenvalue weighted by molar-refractivity contribution is 0.424. The third-order valence-electron chi connectivity index (χ3n) is 2.11. The molecule has 1 aliphatic carbocycles. The van der Waals surface area contributed by atoms with Gasteiger partial charge in [0.1, 0.15) is 0 Å². The average molecular weight is 166 g/mol. The minimum absolute atomic E-state index is 1.04. The van der Waals surface area contributed by atoms with Crippen LogP contribution in [0.2, 0.25) is 0 Å². The van der Waals surface area contributed by atoms with E-state index in [4.69, 9.17) is 0 Å². The predicted octanol–water partition coefficient (Wildman–Crippen LogP) is 1.37. The lowest BCUT2D eigenvalue weighted by Gasteiger charge is -2.21. The van der Waals surface area contributed by atoms with Gasteiger partial charge >= 0.3 is 0 Å². The van der Waals surface area contributed by atoms with E-state index in [1.807, 2.05) is 7.05 Å². The normalized spacial score (nSPS) is 16.0. The van der Waals surface area contributed by atoms with Gasteiger partial charge in [-0.1, -0.05) is 12.2 Å². The minimum atomic E-state index is 1.04. The average Bonchev–Trinajstić information content (AvgIpc) is 2.15. The summed E-state index contributed by atoms with van der Waals surface area (Å²) >= 11 is 0. The number of allylic oxidation sites excluding steroid dienone is 3. The highest BCUT2D eigenvalue weighted by Gasteiger charge is 2.01. The van der Waals surface area contributed by atoms with Crippen molar-refractivity contribution in [2.75, 3.05) is 27.2 Å². The van der Waals surface area contributed by atoms with E-state index in [0.717, 1.165) is 13.1 Å². The van der Waals surface area contributed by atoms with E-state index in [1.54, 1.807) is 0 Å². The third-order valence-corrected chi connectivity index (χ3v) is 2.11. The van der Waals surface area contributed by atoms with Gasteiger partial charge in [0.05, 0.1) is 0 Å². The molecule has 2 heteroatoms. The van der Waals surface area contributed by atoms with Crippen molar-refractivity contribution >= 4 is 0 Å². The fraction of sp³-hybridized carbons (Fsp3) is 0.600. The first-order valence-electron chi connectivity index (χ1n) is 4.57. The van der Waals surface area contributed by atoms with E-state index in [9.17, 15) is 0 Å². The topological polar surface area (TPSA) is 15.3 Å². The smallest absolute Gasteiger partial charge is 0.0320 e. The summed E-state index contributed by atoms with van der Waals surface area (Å²) in [6.07, 6.45) is 9.14. The molecule has 0 aromatic heterocycles. The number of nitrogens with zero attached hydrogens (tertiary/aromatic N) is 1. The molecule has 0 spiro atoms. The third kappa shape index (κ3) is 2.70. The molecule has 0 saturated heterocycles. The van der Waals surface area contributed by atoms with E-state index < -0.39 is 0 Å². The molecule has 0 heterocycles. The lowest BCUT2D eigenvalue weighted by Crippen LogP contribution is -2.26. The van der Waals surface area contributed by atoms with Crippen LogP contribution in [0.1, 0.15) is 12.8 Å². The van der Waals surface area contributed by atoms with Gasteiger partial charge in [-0.2, -0.15) is 0 Å². The molecule has 2 nitrogen and oxygen atoms in total. The Kier molecular flexibility index (Phi) is 3.88. The standard InChI is InChI=1S/C10H18N2/c1-11-8-9-12(2)10-6-4-3-5-7-10/h4,6-7,11H,3,5,8-9H2,1-2H3. The lowest BCUT2D eigenvalue weighted by atomic mass is 10.1. The molecule has 0 saturated carbocycles. The Morgan fingerprint density at radius 2 is 2.33 bits per heavy atom. The van der Waals surface area contributed by atoms with E-state index >= 15 is 0 Å². The van der Waals surface area contributed by atoms with Crippen molar-refractivity contribution < 1.29 is 0 Å². The van der Waals surface area contributed by atoms with Gasteiger partial charge in [0, 0.05) is 25.8 Å². The van der Waals surface area contributed by atoms with Crippen molar-refractivity contribution in [2.24, 2.45) is 0 Å². The van der Waals surface area contributed by atoms with E-state index in [1.165, 1.54) is 18.5 Å². The largest absolute Gasteiger partial charge is 0.374 e. The van der Waals surface area contributed by atoms with Crippen LogP contribution >= 0.6 is 0 Å². The summed E-state index contributed by atoms with van der Waals surface area (Å²) in [4.78, 5) is 2.28. The second-order valence-electron chi connectivity index (χ2n) is 3.13. The fourth-order valence-corrected chi connectivity index (χ4v) is 1.29. The molecule has 0 aromatic carbocycles. The van der Waals surface area contributed by atoms with Crippen molar-refractivity contribution in [2.45, 2.75) is 12.8 Å². The van der Waals surface area contributed by atoms with Gasteiger partial charge in [-0.15, -0.1) is 0 Å². The molecule has 0 fully saturated rings. The van der Waals surface area contributed by atoms with Crippen LogP contribution in [0.25, 0.3) is 0 Å². The van der Waals surface area contributed by atoms with E-state index in [2.05, 4.69) is 35.5 Å². The van der Waals surface area contributed by atoms with Crippen molar-refractivity contribution in [3.8, 4) is 0 Å². The van der Waals surface area contributed by atoms with Gasteiger partial charge in [0.25, 0.3) is 0 Å². The fourth-order valence-electron chi connectivity index (χ4n) is 1.29. The Hall–Kier alpha value is -0.760. The first-order chi connectivity index (χ1) is 5.84. The number of hydrogen-bond acceptors (Lipinski definition) is 2. The van der Waals surface area contributed by atoms with Gasteiger partial charge < -0.3 is 10.2 Å². The maximum absolute atomic E-state index is 3.14. The Morgan fingerprint density at radius 3 is 2.92 bits per heavy atom. The molecule has 0 aliphatic heterocycles. The van der Waals surface area contributed by atoms with Crippen molar-refractivity contribution in [3.63, 3.8) is 0 Å². The Labute approximate surface area is 74.9 Å². The highest BCUT2D eigenvalue weighted by atomic mass is 15.1.